The lowest BCUT2D eigenvalue weighted by Crippen LogP contribution is -2.03. The van der Waals surface area contributed by atoms with Gasteiger partial charge in [0.2, 0.25) is 0 Å². The number of nitrogens with zero attached hydrogens (tertiary/aromatic N) is 1. The van der Waals surface area contributed by atoms with Crippen molar-refractivity contribution in [3.8, 4) is 5.75 Å². The monoisotopic (exact) mass is 296 g/mol. The summed E-state index contributed by atoms with van der Waals surface area (Å²) in [6.07, 6.45) is 0. The topological polar surface area (TPSA) is 75.4 Å². The van der Waals surface area contributed by atoms with Crippen molar-refractivity contribution < 1.29 is 14.4 Å². The van der Waals surface area contributed by atoms with Gasteiger partial charge in [0, 0.05) is 17.6 Å². The van der Waals surface area contributed by atoms with Crippen LogP contribution in [0, 0.1) is 15.9 Å². The van der Waals surface area contributed by atoms with E-state index in [4.69, 9.17) is 16.7 Å². The summed E-state index contributed by atoms with van der Waals surface area (Å²) in [6, 6.07) is 8.03. The van der Waals surface area contributed by atoms with Gasteiger partial charge in [0.25, 0.3) is 5.69 Å². The Hall–Kier alpha value is -2.34. The molecule has 2 aromatic carbocycles. The zero-order valence-electron chi connectivity index (χ0n) is 10.1. The molecule has 2 aromatic rings. The number of nitrogens with one attached hydrogen (secondary N) is 1. The molecule has 2 rings (SSSR count). The average molecular weight is 297 g/mol. The fourth-order valence-corrected chi connectivity index (χ4v) is 1.84. The van der Waals surface area contributed by atoms with E-state index in [2.05, 4.69) is 5.32 Å². The normalized spacial score (nSPS) is 10.3. The smallest absolute Gasteiger partial charge is 0.292 e. The van der Waals surface area contributed by atoms with Crippen LogP contribution in [0.2, 0.25) is 5.02 Å². The minimum atomic E-state index is -0.745. The molecule has 20 heavy (non-hydrogen) atoms. The van der Waals surface area contributed by atoms with Crippen LogP contribution >= 0.6 is 11.6 Å². The van der Waals surface area contributed by atoms with Crippen molar-refractivity contribution in [2.45, 2.75) is 6.54 Å². The van der Waals surface area contributed by atoms with E-state index < -0.39 is 16.5 Å². The third-order valence-electron chi connectivity index (χ3n) is 2.65. The first-order valence-corrected chi connectivity index (χ1v) is 6.00. The molecular weight excluding hydrogens is 287 g/mol. The molecular formula is C13H10ClFN2O3. The zero-order valence-corrected chi connectivity index (χ0v) is 10.9. The van der Waals surface area contributed by atoms with Crippen molar-refractivity contribution in [1.29, 1.82) is 0 Å². The first-order chi connectivity index (χ1) is 9.47. The Labute approximate surface area is 118 Å². The first-order valence-electron chi connectivity index (χ1n) is 5.62. The number of phenols is 1. The van der Waals surface area contributed by atoms with Crippen LogP contribution in [-0.2, 0) is 6.54 Å². The number of nitro benzene ring substituents is 1. The molecule has 0 amide bonds. The minimum absolute atomic E-state index is 0.117. The van der Waals surface area contributed by atoms with E-state index in [1.54, 1.807) is 0 Å². The fraction of sp³-hybridized carbons (Fsp3) is 0.0769. The number of aromatic hydroxyl groups is 1. The Morgan fingerprint density at radius 1 is 1.30 bits per heavy atom. The van der Waals surface area contributed by atoms with E-state index in [9.17, 15) is 14.5 Å². The third kappa shape index (κ3) is 3.16. The van der Waals surface area contributed by atoms with Crippen molar-refractivity contribution in [3.05, 3.63) is 62.9 Å². The predicted octanol–water partition coefficient (Wildman–Crippen LogP) is 3.71. The molecule has 2 N–H and O–H groups in total. The lowest BCUT2D eigenvalue weighted by molar-refractivity contribution is -0.384. The summed E-state index contributed by atoms with van der Waals surface area (Å²) in [5.74, 6) is -1.19. The van der Waals surface area contributed by atoms with Gasteiger partial charge in [0.05, 0.1) is 4.92 Å². The van der Waals surface area contributed by atoms with Crippen LogP contribution in [0.25, 0.3) is 0 Å². The Morgan fingerprint density at radius 3 is 2.70 bits per heavy atom. The quantitative estimate of drug-likeness (QED) is 0.666. The number of rotatable bonds is 4. The van der Waals surface area contributed by atoms with E-state index in [0.29, 0.717) is 10.6 Å². The van der Waals surface area contributed by atoms with Crippen molar-refractivity contribution in [1.82, 2.24) is 0 Å². The van der Waals surface area contributed by atoms with Gasteiger partial charge in [-0.2, -0.15) is 0 Å². The van der Waals surface area contributed by atoms with Gasteiger partial charge in [-0.25, -0.2) is 4.39 Å². The molecule has 0 aliphatic heterocycles. The van der Waals surface area contributed by atoms with Crippen molar-refractivity contribution in [2.24, 2.45) is 0 Å². The van der Waals surface area contributed by atoms with Crippen LogP contribution in [0.15, 0.2) is 36.4 Å². The lowest BCUT2D eigenvalue weighted by Gasteiger charge is -2.08. The SMILES string of the molecule is O=[N+]([O-])c1ccc(Cl)cc1NCc1ccc(O)c(F)c1. The maximum absolute atomic E-state index is 13.2. The maximum Gasteiger partial charge on any atom is 0.292 e. The van der Waals surface area contributed by atoms with Gasteiger partial charge in [-0.3, -0.25) is 10.1 Å². The Morgan fingerprint density at radius 2 is 2.05 bits per heavy atom. The number of hydrogen-bond donors (Lipinski definition) is 2. The summed E-state index contributed by atoms with van der Waals surface area (Å²) < 4.78 is 13.2. The number of anilines is 1. The third-order valence-corrected chi connectivity index (χ3v) is 2.89. The average Bonchev–Trinajstić information content (AvgIpc) is 2.40. The van der Waals surface area contributed by atoms with Crippen molar-refractivity contribution >= 4 is 23.0 Å². The van der Waals surface area contributed by atoms with Crippen LogP contribution in [0.3, 0.4) is 0 Å². The van der Waals surface area contributed by atoms with Crippen LogP contribution in [0.5, 0.6) is 5.75 Å². The second kappa shape index (κ2) is 5.75. The van der Waals surface area contributed by atoms with Crippen LogP contribution < -0.4 is 5.32 Å². The predicted molar refractivity (Wildman–Crippen MR) is 73.5 cm³/mol. The first kappa shape index (κ1) is 14.1. The van der Waals surface area contributed by atoms with Gasteiger partial charge in [-0.15, -0.1) is 0 Å². The molecule has 0 heterocycles. The van der Waals surface area contributed by atoms with Crippen LogP contribution in [-0.4, -0.2) is 10.0 Å². The second-order valence-electron chi connectivity index (χ2n) is 4.06. The molecule has 0 spiro atoms. The summed E-state index contributed by atoms with van der Waals surface area (Å²) in [4.78, 5) is 10.3. The van der Waals surface area contributed by atoms with E-state index in [0.717, 1.165) is 6.07 Å². The van der Waals surface area contributed by atoms with Gasteiger partial charge >= 0.3 is 0 Å². The van der Waals surface area contributed by atoms with Gasteiger partial charge < -0.3 is 10.4 Å². The summed E-state index contributed by atoms with van der Waals surface area (Å²) in [5.41, 5.74) is 0.666. The summed E-state index contributed by atoms with van der Waals surface area (Å²) >= 11 is 5.79. The molecule has 0 aliphatic carbocycles. The number of nitro groups is 1. The summed E-state index contributed by atoms with van der Waals surface area (Å²) in [5, 5.41) is 23.1. The standard InChI is InChI=1S/C13H10ClFN2O3/c14-9-2-3-12(17(19)20)11(6-9)16-7-8-1-4-13(18)10(15)5-8/h1-6,16,18H,7H2. The largest absolute Gasteiger partial charge is 0.505 e. The molecule has 7 heteroatoms. The zero-order chi connectivity index (χ0) is 14.7. The minimum Gasteiger partial charge on any atom is -0.505 e. The van der Waals surface area contributed by atoms with E-state index in [1.807, 2.05) is 0 Å². The van der Waals surface area contributed by atoms with Crippen LogP contribution in [0.4, 0.5) is 15.8 Å². The molecule has 0 saturated heterocycles. The highest BCUT2D eigenvalue weighted by Crippen LogP contribution is 2.28. The second-order valence-corrected chi connectivity index (χ2v) is 4.49. The lowest BCUT2D eigenvalue weighted by atomic mass is 10.2. The van der Waals surface area contributed by atoms with Crippen molar-refractivity contribution in [2.75, 3.05) is 5.32 Å². The molecule has 5 nitrogen and oxygen atoms in total. The van der Waals surface area contributed by atoms with Gasteiger partial charge in [0.15, 0.2) is 11.6 Å². The Balaban J connectivity index is 2.20. The molecule has 0 saturated carbocycles. The summed E-state index contributed by atoms with van der Waals surface area (Å²) in [6.45, 7) is 0.165. The Kier molecular flexibility index (Phi) is 4.05. The molecule has 0 aliphatic rings. The van der Waals surface area contributed by atoms with E-state index >= 15 is 0 Å². The Bertz CT molecular complexity index is 664. The highest BCUT2D eigenvalue weighted by molar-refractivity contribution is 6.31. The molecule has 0 bridgehead atoms. The van der Waals surface area contributed by atoms with Gasteiger partial charge in [0.1, 0.15) is 5.69 Å². The number of phenolic OH excluding ortho intramolecular Hbond substituents is 1. The van der Waals surface area contributed by atoms with E-state index in [1.165, 1.54) is 30.3 Å². The van der Waals surface area contributed by atoms with E-state index in [-0.39, 0.29) is 17.9 Å². The maximum atomic E-state index is 13.2. The fourth-order valence-electron chi connectivity index (χ4n) is 1.67. The van der Waals surface area contributed by atoms with Gasteiger partial charge in [-0.05, 0) is 29.8 Å². The number of hydrogen-bond acceptors (Lipinski definition) is 4. The van der Waals surface area contributed by atoms with Gasteiger partial charge in [-0.1, -0.05) is 17.7 Å². The molecule has 104 valence electrons. The molecule has 0 aromatic heterocycles. The number of halogens is 2. The molecule has 0 unspecified atom stereocenters. The van der Waals surface area contributed by atoms with Crippen LogP contribution in [0.1, 0.15) is 5.56 Å². The number of benzene rings is 2. The molecule has 0 fully saturated rings. The molecule has 0 atom stereocenters. The summed E-state index contributed by atoms with van der Waals surface area (Å²) in [7, 11) is 0. The highest BCUT2D eigenvalue weighted by Gasteiger charge is 2.13. The van der Waals surface area contributed by atoms with Crippen molar-refractivity contribution in [3.63, 3.8) is 0 Å². The highest BCUT2D eigenvalue weighted by atomic mass is 35.5. The molecule has 0 radical (unpaired) electrons.